The molecule has 1 aliphatic heterocycles. The summed E-state index contributed by atoms with van der Waals surface area (Å²) >= 11 is 0. The highest BCUT2D eigenvalue weighted by Gasteiger charge is 2.15. The van der Waals surface area contributed by atoms with Gasteiger partial charge in [-0.2, -0.15) is 0 Å². The Balaban J connectivity index is 2.07. The van der Waals surface area contributed by atoms with Gasteiger partial charge in [-0.25, -0.2) is 10.3 Å². The van der Waals surface area contributed by atoms with Gasteiger partial charge in [-0.05, 0) is 12.8 Å². The van der Waals surface area contributed by atoms with Gasteiger partial charge in [-0.3, -0.25) is 9.59 Å². The lowest BCUT2D eigenvalue weighted by Crippen LogP contribution is -2.33. The molecule has 1 N–H and O–H groups in total. The van der Waals surface area contributed by atoms with Crippen molar-refractivity contribution in [3.8, 4) is 0 Å². The maximum atomic E-state index is 11.2. The van der Waals surface area contributed by atoms with Gasteiger partial charge in [0.15, 0.2) is 6.29 Å². The molecule has 6 heteroatoms. The lowest BCUT2D eigenvalue weighted by molar-refractivity contribution is -0.200. The van der Waals surface area contributed by atoms with Gasteiger partial charge in [-0.1, -0.05) is 0 Å². The van der Waals surface area contributed by atoms with E-state index < -0.39 is 5.97 Å². The summed E-state index contributed by atoms with van der Waals surface area (Å²) in [5.74, 6) is -0.761. The molecule has 0 aliphatic carbocycles. The van der Waals surface area contributed by atoms with Gasteiger partial charge in [0.1, 0.15) is 0 Å². The molecule has 1 aliphatic rings. The topological polar surface area (TPSA) is 73.9 Å². The molecule has 1 rings (SSSR count). The first-order valence-electron chi connectivity index (χ1n) is 5.35. The van der Waals surface area contributed by atoms with Crippen molar-refractivity contribution in [2.45, 2.75) is 38.4 Å². The molecule has 0 aromatic rings. The Bertz CT molecular complexity index is 237. The Morgan fingerprint density at radius 3 is 2.81 bits per heavy atom. The monoisotopic (exact) mass is 231 g/mol. The molecule has 16 heavy (non-hydrogen) atoms. The molecule has 0 saturated carbocycles. The number of hydrogen-bond acceptors (Lipinski definition) is 5. The normalized spacial score (nSPS) is 20.2. The number of ether oxygens (including phenoxy) is 2. The summed E-state index contributed by atoms with van der Waals surface area (Å²) in [7, 11) is 1.28. The minimum Gasteiger partial charge on any atom is -0.469 e. The second-order valence-electron chi connectivity index (χ2n) is 3.52. The van der Waals surface area contributed by atoms with Crippen LogP contribution in [0.4, 0.5) is 0 Å². The zero-order valence-corrected chi connectivity index (χ0v) is 9.36. The van der Waals surface area contributed by atoms with Crippen molar-refractivity contribution in [3.63, 3.8) is 0 Å². The third-order valence-electron chi connectivity index (χ3n) is 2.23. The van der Waals surface area contributed by atoms with E-state index in [1.807, 2.05) is 0 Å². The molecule has 0 aromatic heterocycles. The highest BCUT2D eigenvalue weighted by Crippen LogP contribution is 2.12. The zero-order valence-electron chi connectivity index (χ0n) is 9.36. The fraction of sp³-hybridized carbons (Fsp3) is 0.800. The molecule has 92 valence electrons. The first-order chi connectivity index (χ1) is 7.72. The summed E-state index contributed by atoms with van der Waals surface area (Å²) < 4.78 is 9.66. The molecule has 0 spiro atoms. The highest BCUT2D eigenvalue weighted by atomic mass is 16.8. The summed E-state index contributed by atoms with van der Waals surface area (Å²) in [6.45, 7) is 0.655. The molecule has 1 amide bonds. The maximum Gasteiger partial charge on any atom is 0.306 e. The number of rotatable bonds is 5. The molecule has 0 bridgehead atoms. The van der Waals surface area contributed by atoms with Crippen LogP contribution in [-0.2, 0) is 23.9 Å². The van der Waals surface area contributed by atoms with Gasteiger partial charge in [0, 0.05) is 19.4 Å². The smallest absolute Gasteiger partial charge is 0.306 e. The largest absolute Gasteiger partial charge is 0.469 e. The minimum absolute atomic E-state index is 0.0528. The second-order valence-corrected chi connectivity index (χ2v) is 3.52. The van der Waals surface area contributed by atoms with E-state index in [9.17, 15) is 9.59 Å². The average Bonchev–Trinajstić information content (AvgIpc) is 2.34. The van der Waals surface area contributed by atoms with Crippen LogP contribution in [0.15, 0.2) is 0 Å². The maximum absolute atomic E-state index is 11.2. The number of hydroxylamine groups is 1. The fourth-order valence-electron chi connectivity index (χ4n) is 1.30. The highest BCUT2D eigenvalue weighted by molar-refractivity contribution is 5.80. The molecule has 1 saturated heterocycles. The van der Waals surface area contributed by atoms with E-state index in [-0.39, 0.29) is 25.0 Å². The number of methoxy groups -OCH3 is 1. The molecular formula is C10H17NO5. The Kier molecular flexibility index (Phi) is 5.81. The Labute approximate surface area is 94.2 Å². The standard InChI is InChI=1S/C10H17NO5/c1-14-9(13)6-5-8(12)11-16-10-4-2-3-7-15-10/h10H,2-7H2,1H3,(H,11,12). The van der Waals surface area contributed by atoms with Crippen molar-refractivity contribution >= 4 is 11.9 Å². The van der Waals surface area contributed by atoms with Gasteiger partial charge in [-0.15, -0.1) is 0 Å². The van der Waals surface area contributed by atoms with Crippen LogP contribution >= 0.6 is 0 Å². The van der Waals surface area contributed by atoms with Crippen molar-refractivity contribution < 1.29 is 23.9 Å². The molecular weight excluding hydrogens is 214 g/mol. The van der Waals surface area contributed by atoms with Gasteiger partial charge in [0.25, 0.3) is 0 Å². The molecule has 0 radical (unpaired) electrons. The molecule has 1 unspecified atom stereocenters. The van der Waals surface area contributed by atoms with E-state index in [1.54, 1.807) is 0 Å². The fourth-order valence-corrected chi connectivity index (χ4v) is 1.30. The first-order valence-corrected chi connectivity index (χ1v) is 5.35. The quantitative estimate of drug-likeness (QED) is 0.551. The van der Waals surface area contributed by atoms with E-state index in [0.717, 1.165) is 19.3 Å². The van der Waals surface area contributed by atoms with Crippen LogP contribution in [0.3, 0.4) is 0 Å². The molecule has 6 nitrogen and oxygen atoms in total. The van der Waals surface area contributed by atoms with Gasteiger partial charge in [0.05, 0.1) is 13.5 Å². The summed E-state index contributed by atoms with van der Waals surface area (Å²) in [4.78, 5) is 27.0. The molecule has 0 aromatic carbocycles. The van der Waals surface area contributed by atoms with Crippen LogP contribution in [0.2, 0.25) is 0 Å². The number of hydrogen-bond donors (Lipinski definition) is 1. The van der Waals surface area contributed by atoms with Gasteiger partial charge < -0.3 is 9.47 Å². The summed E-state index contributed by atoms with van der Waals surface area (Å²) in [5, 5.41) is 0. The molecule has 1 heterocycles. The number of carbonyl (C=O) groups is 2. The number of nitrogens with one attached hydrogen (secondary N) is 1. The van der Waals surface area contributed by atoms with Crippen LogP contribution in [-0.4, -0.2) is 31.9 Å². The number of esters is 1. The van der Waals surface area contributed by atoms with E-state index >= 15 is 0 Å². The van der Waals surface area contributed by atoms with E-state index in [2.05, 4.69) is 10.2 Å². The Morgan fingerprint density at radius 1 is 1.38 bits per heavy atom. The summed E-state index contributed by atoms with van der Waals surface area (Å²) in [5.41, 5.74) is 2.26. The van der Waals surface area contributed by atoms with Crippen LogP contribution in [0, 0.1) is 0 Å². The van der Waals surface area contributed by atoms with Crippen molar-refractivity contribution in [3.05, 3.63) is 0 Å². The number of carbonyl (C=O) groups excluding carboxylic acids is 2. The van der Waals surface area contributed by atoms with E-state index in [1.165, 1.54) is 7.11 Å². The van der Waals surface area contributed by atoms with Crippen LogP contribution < -0.4 is 5.48 Å². The van der Waals surface area contributed by atoms with Crippen molar-refractivity contribution in [2.24, 2.45) is 0 Å². The third-order valence-corrected chi connectivity index (χ3v) is 2.23. The van der Waals surface area contributed by atoms with Crippen LogP contribution in [0.1, 0.15) is 32.1 Å². The predicted octanol–water partition coefficient (Wildman–Crippen LogP) is 0.514. The second kappa shape index (κ2) is 7.19. The molecule has 1 fully saturated rings. The van der Waals surface area contributed by atoms with Crippen LogP contribution in [0.5, 0.6) is 0 Å². The minimum atomic E-state index is -0.413. The first kappa shape index (κ1) is 12.9. The van der Waals surface area contributed by atoms with E-state index in [0.29, 0.717) is 6.61 Å². The molecule has 1 atom stereocenters. The Morgan fingerprint density at radius 2 is 2.19 bits per heavy atom. The van der Waals surface area contributed by atoms with Gasteiger partial charge >= 0.3 is 5.97 Å². The van der Waals surface area contributed by atoms with E-state index in [4.69, 9.17) is 9.57 Å². The SMILES string of the molecule is COC(=O)CCC(=O)NOC1CCCCO1. The average molecular weight is 231 g/mol. The van der Waals surface area contributed by atoms with Crippen LogP contribution in [0.25, 0.3) is 0 Å². The lowest BCUT2D eigenvalue weighted by Gasteiger charge is -2.21. The third kappa shape index (κ3) is 5.09. The van der Waals surface area contributed by atoms with Crippen molar-refractivity contribution in [2.75, 3.05) is 13.7 Å². The summed E-state index contributed by atoms with van der Waals surface area (Å²) in [6.07, 6.45) is 2.57. The number of amides is 1. The zero-order chi connectivity index (χ0) is 11.8. The Hall–Kier alpha value is -1.14. The predicted molar refractivity (Wildman–Crippen MR) is 54.1 cm³/mol. The lowest BCUT2D eigenvalue weighted by atomic mass is 10.2. The van der Waals surface area contributed by atoms with Crippen molar-refractivity contribution in [1.29, 1.82) is 0 Å². The van der Waals surface area contributed by atoms with Crippen molar-refractivity contribution in [1.82, 2.24) is 5.48 Å². The van der Waals surface area contributed by atoms with Gasteiger partial charge in [0.2, 0.25) is 5.91 Å². The summed E-state index contributed by atoms with van der Waals surface area (Å²) in [6, 6.07) is 0.